The Bertz CT molecular complexity index is 221. The number of hydrogen-bond donors (Lipinski definition) is 1. The maximum atomic E-state index is 11.3. The van der Waals surface area contributed by atoms with E-state index in [1.807, 2.05) is 20.8 Å². The minimum atomic E-state index is -0.379. The number of nitrogens with two attached hydrogens (primary N) is 1. The van der Waals surface area contributed by atoms with Crippen molar-refractivity contribution >= 4 is 17.7 Å². The van der Waals surface area contributed by atoms with Crippen molar-refractivity contribution in [3.8, 4) is 0 Å². The SMILES string of the molecule is CC(C)(C)OC(=O)CSCC(N)C1CC1. The van der Waals surface area contributed by atoms with E-state index in [1.54, 1.807) is 11.8 Å². The van der Waals surface area contributed by atoms with E-state index < -0.39 is 0 Å². The molecule has 0 saturated heterocycles. The largest absolute Gasteiger partial charge is 0.459 e. The molecule has 0 spiro atoms. The second kappa shape index (κ2) is 5.21. The monoisotopic (exact) mass is 231 g/mol. The second-order valence-electron chi connectivity index (χ2n) is 5.10. The molecule has 88 valence electrons. The van der Waals surface area contributed by atoms with E-state index >= 15 is 0 Å². The minimum absolute atomic E-state index is 0.143. The van der Waals surface area contributed by atoms with Crippen LogP contribution in [0.15, 0.2) is 0 Å². The zero-order valence-electron chi connectivity index (χ0n) is 9.79. The summed E-state index contributed by atoms with van der Waals surface area (Å²) in [5, 5.41) is 0. The van der Waals surface area contributed by atoms with Gasteiger partial charge in [-0.1, -0.05) is 0 Å². The molecule has 0 aromatic heterocycles. The van der Waals surface area contributed by atoms with Gasteiger partial charge in [0.2, 0.25) is 0 Å². The molecule has 1 unspecified atom stereocenters. The lowest BCUT2D eigenvalue weighted by Crippen LogP contribution is -2.28. The predicted octanol–water partition coefficient (Wildman–Crippen LogP) is 1.80. The summed E-state index contributed by atoms with van der Waals surface area (Å²) in [4.78, 5) is 11.3. The summed E-state index contributed by atoms with van der Waals surface area (Å²) in [7, 11) is 0. The highest BCUT2D eigenvalue weighted by Gasteiger charge is 2.28. The molecular formula is C11H21NO2S. The fourth-order valence-electron chi connectivity index (χ4n) is 1.31. The first-order valence-electron chi connectivity index (χ1n) is 5.43. The standard InChI is InChI=1S/C11H21NO2S/c1-11(2,3)14-10(13)7-15-6-9(12)8-4-5-8/h8-9H,4-7,12H2,1-3H3. The summed E-state index contributed by atoms with van der Waals surface area (Å²) in [6.45, 7) is 5.64. The van der Waals surface area contributed by atoms with Crippen LogP contribution in [0.4, 0.5) is 0 Å². The third-order valence-corrected chi connectivity index (χ3v) is 3.24. The molecule has 0 bridgehead atoms. The number of rotatable bonds is 5. The Morgan fingerprint density at radius 2 is 2.13 bits per heavy atom. The number of esters is 1. The van der Waals surface area contributed by atoms with Gasteiger partial charge in [0.15, 0.2) is 0 Å². The van der Waals surface area contributed by atoms with E-state index in [2.05, 4.69) is 0 Å². The summed E-state index contributed by atoms with van der Waals surface area (Å²) in [6.07, 6.45) is 2.52. The van der Waals surface area contributed by atoms with Crippen LogP contribution in [0.25, 0.3) is 0 Å². The molecule has 1 atom stereocenters. The topological polar surface area (TPSA) is 52.3 Å². The quantitative estimate of drug-likeness (QED) is 0.733. The summed E-state index contributed by atoms with van der Waals surface area (Å²) in [6, 6.07) is 0.262. The fourth-order valence-corrected chi connectivity index (χ4v) is 2.20. The smallest absolute Gasteiger partial charge is 0.316 e. The van der Waals surface area contributed by atoms with E-state index in [0.717, 1.165) is 5.75 Å². The van der Waals surface area contributed by atoms with E-state index in [9.17, 15) is 4.79 Å². The molecule has 1 aliphatic carbocycles. The molecule has 2 N–H and O–H groups in total. The molecule has 0 aromatic carbocycles. The Morgan fingerprint density at radius 1 is 1.53 bits per heavy atom. The number of thioether (sulfide) groups is 1. The normalized spacial score (nSPS) is 18.7. The Labute approximate surface area is 96.1 Å². The highest BCUT2D eigenvalue weighted by atomic mass is 32.2. The molecule has 1 saturated carbocycles. The summed E-state index contributed by atoms with van der Waals surface area (Å²) in [5.74, 6) is 1.84. The molecule has 0 amide bonds. The number of ether oxygens (including phenoxy) is 1. The van der Waals surface area contributed by atoms with Gasteiger partial charge in [-0.15, -0.1) is 11.8 Å². The zero-order chi connectivity index (χ0) is 11.5. The van der Waals surface area contributed by atoms with Crippen molar-refractivity contribution in [2.45, 2.75) is 45.3 Å². The summed E-state index contributed by atoms with van der Waals surface area (Å²) in [5.41, 5.74) is 5.54. The van der Waals surface area contributed by atoms with Crippen molar-refractivity contribution in [2.75, 3.05) is 11.5 Å². The highest BCUT2D eigenvalue weighted by Crippen LogP contribution is 2.32. The van der Waals surface area contributed by atoms with Crippen LogP contribution in [0.2, 0.25) is 0 Å². The van der Waals surface area contributed by atoms with Crippen LogP contribution in [0.1, 0.15) is 33.6 Å². The lowest BCUT2D eigenvalue weighted by atomic mass is 10.2. The van der Waals surface area contributed by atoms with Crippen LogP contribution in [0, 0.1) is 5.92 Å². The number of hydrogen-bond acceptors (Lipinski definition) is 4. The molecule has 1 fully saturated rings. The van der Waals surface area contributed by atoms with Gasteiger partial charge in [0.1, 0.15) is 5.60 Å². The van der Waals surface area contributed by atoms with Gasteiger partial charge in [-0.25, -0.2) is 0 Å². The molecule has 3 nitrogen and oxygen atoms in total. The van der Waals surface area contributed by atoms with Crippen LogP contribution in [-0.2, 0) is 9.53 Å². The molecule has 0 aliphatic heterocycles. The van der Waals surface area contributed by atoms with Gasteiger partial charge >= 0.3 is 5.97 Å². The zero-order valence-corrected chi connectivity index (χ0v) is 10.6. The van der Waals surface area contributed by atoms with E-state index in [1.165, 1.54) is 12.8 Å². The van der Waals surface area contributed by atoms with Crippen molar-refractivity contribution in [3.63, 3.8) is 0 Å². The summed E-state index contributed by atoms with van der Waals surface area (Å²) >= 11 is 1.58. The third kappa shape index (κ3) is 6.05. The fraction of sp³-hybridized carbons (Fsp3) is 0.909. The summed E-state index contributed by atoms with van der Waals surface area (Å²) < 4.78 is 5.20. The minimum Gasteiger partial charge on any atom is -0.459 e. The van der Waals surface area contributed by atoms with Crippen LogP contribution < -0.4 is 5.73 Å². The van der Waals surface area contributed by atoms with Crippen molar-refractivity contribution in [2.24, 2.45) is 11.7 Å². The van der Waals surface area contributed by atoms with Crippen molar-refractivity contribution in [1.82, 2.24) is 0 Å². The first kappa shape index (κ1) is 12.8. The first-order chi connectivity index (χ1) is 6.88. The number of carbonyl (C=O) groups is 1. The van der Waals surface area contributed by atoms with Crippen LogP contribution in [0.3, 0.4) is 0 Å². The average molecular weight is 231 g/mol. The Morgan fingerprint density at radius 3 is 2.60 bits per heavy atom. The van der Waals surface area contributed by atoms with Gasteiger partial charge in [0.25, 0.3) is 0 Å². The molecular weight excluding hydrogens is 210 g/mol. The van der Waals surface area contributed by atoms with Crippen LogP contribution in [-0.4, -0.2) is 29.1 Å². The Balaban J connectivity index is 2.06. The predicted molar refractivity (Wildman–Crippen MR) is 63.9 cm³/mol. The van der Waals surface area contributed by atoms with Gasteiger partial charge in [0, 0.05) is 11.8 Å². The molecule has 1 rings (SSSR count). The highest BCUT2D eigenvalue weighted by molar-refractivity contribution is 7.99. The maximum absolute atomic E-state index is 11.3. The van der Waals surface area contributed by atoms with Gasteiger partial charge in [-0.2, -0.15) is 0 Å². The first-order valence-corrected chi connectivity index (χ1v) is 6.59. The molecule has 15 heavy (non-hydrogen) atoms. The van der Waals surface area contributed by atoms with Gasteiger partial charge in [-0.3, -0.25) is 4.79 Å². The van der Waals surface area contributed by atoms with Crippen LogP contribution >= 0.6 is 11.8 Å². The Kier molecular flexibility index (Phi) is 4.46. The lowest BCUT2D eigenvalue weighted by molar-refractivity contribution is -0.151. The van der Waals surface area contributed by atoms with Crippen molar-refractivity contribution in [3.05, 3.63) is 0 Å². The Hall–Kier alpha value is -0.220. The second-order valence-corrected chi connectivity index (χ2v) is 6.13. The molecule has 0 aromatic rings. The van der Waals surface area contributed by atoms with Crippen molar-refractivity contribution in [1.29, 1.82) is 0 Å². The maximum Gasteiger partial charge on any atom is 0.316 e. The van der Waals surface area contributed by atoms with Gasteiger partial charge in [0.05, 0.1) is 5.75 Å². The van der Waals surface area contributed by atoms with E-state index in [-0.39, 0.29) is 17.6 Å². The molecule has 0 heterocycles. The van der Waals surface area contributed by atoms with E-state index in [4.69, 9.17) is 10.5 Å². The number of carbonyl (C=O) groups excluding carboxylic acids is 1. The molecule has 0 radical (unpaired) electrons. The van der Waals surface area contributed by atoms with Gasteiger partial charge in [-0.05, 0) is 39.5 Å². The third-order valence-electron chi connectivity index (χ3n) is 2.18. The average Bonchev–Trinajstić information content (AvgIpc) is 2.81. The lowest BCUT2D eigenvalue weighted by Gasteiger charge is -2.19. The van der Waals surface area contributed by atoms with Crippen molar-refractivity contribution < 1.29 is 9.53 Å². The molecule has 4 heteroatoms. The van der Waals surface area contributed by atoms with E-state index in [0.29, 0.717) is 11.7 Å². The molecule has 1 aliphatic rings. The van der Waals surface area contributed by atoms with Gasteiger partial charge < -0.3 is 10.5 Å². The van der Waals surface area contributed by atoms with Crippen LogP contribution in [0.5, 0.6) is 0 Å².